The van der Waals surface area contributed by atoms with Gasteiger partial charge in [0.2, 0.25) is 5.89 Å². The molecule has 1 aromatic heterocycles. The lowest BCUT2D eigenvalue weighted by molar-refractivity contribution is -0.384. The number of benzene rings is 4. The van der Waals surface area contributed by atoms with Gasteiger partial charge in [0.05, 0.1) is 21.7 Å². The monoisotopic (exact) mass is 493 g/mol. The van der Waals surface area contributed by atoms with Crippen LogP contribution in [-0.2, 0) is 0 Å². The average Bonchev–Trinajstić information content (AvgIpc) is 3.44. The molecule has 0 radical (unpaired) electrons. The van der Waals surface area contributed by atoms with Crippen LogP contribution >= 0.6 is 11.8 Å². The van der Waals surface area contributed by atoms with Crippen LogP contribution in [0.2, 0.25) is 0 Å². The summed E-state index contributed by atoms with van der Waals surface area (Å²) in [6, 6.07) is 25.6. The molecule has 0 spiro atoms. The summed E-state index contributed by atoms with van der Waals surface area (Å²) in [6.07, 6.45) is 0. The van der Waals surface area contributed by atoms with Gasteiger partial charge in [-0.3, -0.25) is 19.7 Å². The molecule has 5 aromatic rings. The normalized spacial score (nSPS) is 12.8. The Morgan fingerprint density at radius 1 is 0.806 bits per heavy atom. The molecule has 0 saturated carbocycles. The van der Waals surface area contributed by atoms with Crippen molar-refractivity contribution in [3.63, 3.8) is 0 Å². The Bertz CT molecular complexity index is 1640. The molecule has 8 nitrogen and oxygen atoms in total. The maximum atomic E-state index is 13.2. The zero-order valence-corrected chi connectivity index (χ0v) is 19.3. The Morgan fingerprint density at radius 3 is 2.17 bits per heavy atom. The molecule has 2 heterocycles. The smallest absolute Gasteiger partial charge is 0.269 e. The highest BCUT2D eigenvalue weighted by atomic mass is 32.2. The highest BCUT2D eigenvalue weighted by Gasteiger charge is 2.37. The molecular formula is C27H15N3O5S. The van der Waals surface area contributed by atoms with Crippen molar-refractivity contribution in [2.75, 3.05) is 4.90 Å². The van der Waals surface area contributed by atoms with Gasteiger partial charge in [-0.1, -0.05) is 23.9 Å². The van der Waals surface area contributed by atoms with Crippen molar-refractivity contribution in [1.82, 2.24) is 4.98 Å². The van der Waals surface area contributed by atoms with E-state index in [1.54, 1.807) is 54.6 Å². The minimum absolute atomic E-state index is 0.0274. The fourth-order valence-corrected chi connectivity index (χ4v) is 4.86. The van der Waals surface area contributed by atoms with Gasteiger partial charge in [0.25, 0.3) is 17.5 Å². The van der Waals surface area contributed by atoms with Crippen LogP contribution < -0.4 is 4.90 Å². The molecule has 1 aliphatic rings. The number of carbonyl (C=O) groups is 2. The van der Waals surface area contributed by atoms with Gasteiger partial charge >= 0.3 is 0 Å². The van der Waals surface area contributed by atoms with E-state index in [2.05, 4.69) is 4.98 Å². The van der Waals surface area contributed by atoms with Gasteiger partial charge in [-0.25, -0.2) is 9.88 Å². The maximum Gasteiger partial charge on any atom is 0.269 e. The minimum Gasteiger partial charge on any atom is -0.436 e. The largest absolute Gasteiger partial charge is 0.436 e. The number of anilines is 1. The molecule has 1 aliphatic heterocycles. The van der Waals surface area contributed by atoms with Gasteiger partial charge in [0, 0.05) is 27.5 Å². The lowest BCUT2D eigenvalue weighted by Crippen LogP contribution is -2.29. The molecular weight excluding hydrogens is 478 g/mol. The second-order valence-electron chi connectivity index (χ2n) is 8.04. The second-order valence-corrected chi connectivity index (χ2v) is 9.19. The van der Waals surface area contributed by atoms with E-state index in [0.717, 1.165) is 14.7 Å². The molecule has 2 amide bonds. The van der Waals surface area contributed by atoms with Gasteiger partial charge in [-0.15, -0.1) is 0 Å². The summed E-state index contributed by atoms with van der Waals surface area (Å²) in [5, 5.41) is 10.8. The van der Waals surface area contributed by atoms with Crippen molar-refractivity contribution in [3.8, 4) is 11.5 Å². The van der Waals surface area contributed by atoms with Gasteiger partial charge in [0.1, 0.15) is 5.52 Å². The lowest BCUT2D eigenvalue weighted by Gasteiger charge is -2.14. The number of carbonyl (C=O) groups excluding carboxylic acids is 2. The number of amides is 2. The van der Waals surface area contributed by atoms with E-state index < -0.39 is 16.7 Å². The van der Waals surface area contributed by atoms with Crippen LogP contribution in [0, 0.1) is 10.1 Å². The van der Waals surface area contributed by atoms with Gasteiger partial charge in [-0.05, 0) is 66.7 Å². The zero-order valence-electron chi connectivity index (χ0n) is 18.5. The third-order valence-electron chi connectivity index (χ3n) is 5.81. The number of fused-ring (bicyclic) bond motifs is 2. The summed E-state index contributed by atoms with van der Waals surface area (Å²) < 4.78 is 5.81. The fraction of sp³-hybridized carbons (Fsp3) is 0. The van der Waals surface area contributed by atoms with Crippen LogP contribution in [-0.4, -0.2) is 21.7 Å². The van der Waals surface area contributed by atoms with Crippen LogP contribution in [0.15, 0.2) is 105 Å². The second kappa shape index (κ2) is 8.47. The SMILES string of the molecule is O=C1c2ccc(-c3nc4ccccc4o3)cc2C(=O)N1c1ccc(Sc2ccc([N+](=O)[O-])cc2)cc1. The Hall–Kier alpha value is -4.76. The number of para-hydroxylation sites is 2. The number of rotatable bonds is 5. The molecule has 0 N–H and O–H groups in total. The molecule has 0 bridgehead atoms. The van der Waals surface area contributed by atoms with E-state index in [4.69, 9.17) is 4.42 Å². The molecule has 174 valence electrons. The predicted octanol–water partition coefficient (Wildman–Crippen LogP) is 6.35. The summed E-state index contributed by atoms with van der Waals surface area (Å²) in [6.45, 7) is 0. The Kier molecular flexibility index (Phi) is 5.12. The minimum atomic E-state index is -0.443. The summed E-state index contributed by atoms with van der Waals surface area (Å²) >= 11 is 1.42. The number of hydrogen-bond acceptors (Lipinski definition) is 7. The quantitative estimate of drug-likeness (QED) is 0.159. The van der Waals surface area contributed by atoms with Crippen molar-refractivity contribution >= 4 is 46.1 Å². The highest BCUT2D eigenvalue weighted by molar-refractivity contribution is 7.99. The van der Waals surface area contributed by atoms with Crippen LogP contribution in [0.4, 0.5) is 11.4 Å². The van der Waals surface area contributed by atoms with Crippen LogP contribution in [0.5, 0.6) is 0 Å². The van der Waals surface area contributed by atoms with E-state index in [-0.39, 0.29) is 5.69 Å². The number of aromatic nitrogens is 1. The van der Waals surface area contributed by atoms with E-state index in [1.165, 1.54) is 23.9 Å². The molecule has 0 saturated heterocycles. The highest BCUT2D eigenvalue weighted by Crippen LogP contribution is 2.35. The molecule has 0 atom stereocenters. The Balaban J connectivity index is 1.24. The third-order valence-corrected chi connectivity index (χ3v) is 6.82. The van der Waals surface area contributed by atoms with Crippen molar-refractivity contribution < 1.29 is 18.9 Å². The number of nitro benzene ring substituents is 1. The first-order valence-electron chi connectivity index (χ1n) is 10.9. The average molecular weight is 494 g/mol. The van der Waals surface area contributed by atoms with Crippen molar-refractivity contribution in [1.29, 1.82) is 0 Å². The van der Waals surface area contributed by atoms with E-state index in [0.29, 0.717) is 39.4 Å². The molecule has 4 aromatic carbocycles. The van der Waals surface area contributed by atoms with Crippen LogP contribution in [0.1, 0.15) is 20.7 Å². The maximum absolute atomic E-state index is 13.2. The number of nitrogens with zero attached hydrogens (tertiary/aromatic N) is 3. The molecule has 0 fully saturated rings. The van der Waals surface area contributed by atoms with Crippen molar-refractivity contribution in [2.24, 2.45) is 0 Å². The summed E-state index contributed by atoms with van der Waals surface area (Å²) in [5.74, 6) is -0.427. The summed E-state index contributed by atoms with van der Waals surface area (Å²) in [7, 11) is 0. The van der Waals surface area contributed by atoms with E-state index >= 15 is 0 Å². The first kappa shape index (κ1) is 21.8. The van der Waals surface area contributed by atoms with Crippen molar-refractivity contribution in [2.45, 2.75) is 9.79 Å². The van der Waals surface area contributed by atoms with E-state index in [9.17, 15) is 19.7 Å². The molecule has 0 unspecified atom stereocenters. The van der Waals surface area contributed by atoms with Crippen LogP contribution in [0.3, 0.4) is 0 Å². The number of nitro groups is 1. The standard InChI is InChI=1S/C27H15N3O5S/c31-26-21-14-5-16(25-28-23-3-1-2-4-24(23)35-25)15-22(21)27(32)29(26)17-6-10-19(11-7-17)36-20-12-8-18(9-13-20)30(33)34/h1-15H. The lowest BCUT2D eigenvalue weighted by atomic mass is 10.1. The van der Waals surface area contributed by atoms with E-state index in [1.807, 2.05) is 24.3 Å². The molecule has 36 heavy (non-hydrogen) atoms. The van der Waals surface area contributed by atoms with Gasteiger partial charge < -0.3 is 4.42 Å². The molecule has 9 heteroatoms. The van der Waals surface area contributed by atoms with Crippen molar-refractivity contribution in [3.05, 3.63) is 112 Å². The topological polar surface area (TPSA) is 107 Å². The zero-order chi connectivity index (χ0) is 24.8. The summed E-state index contributed by atoms with van der Waals surface area (Å²) in [5.41, 5.74) is 3.07. The Labute approximate surface area is 208 Å². The first-order valence-corrected chi connectivity index (χ1v) is 11.7. The third kappa shape index (κ3) is 3.71. The molecule has 6 rings (SSSR count). The van der Waals surface area contributed by atoms with Crippen LogP contribution in [0.25, 0.3) is 22.6 Å². The molecule has 0 aliphatic carbocycles. The Morgan fingerprint density at radius 2 is 1.47 bits per heavy atom. The number of imide groups is 1. The summed E-state index contributed by atoms with van der Waals surface area (Å²) in [4.78, 5) is 44.0. The predicted molar refractivity (Wildman–Crippen MR) is 134 cm³/mol. The fourth-order valence-electron chi connectivity index (χ4n) is 4.04. The van der Waals surface area contributed by atoms with Gasteiger partial charge in [0.15, 0.2) is 5.58 Å². The van der Waals surface area contributed by atoms with Gasteiger partial charge in [-0.2, -0.15) is 0 Å². The number of non-ortho nitro benzene ring substituents is 1. The first-order chi connectivity index (χ1) is 17.5. The number of hydrogen-bond donors (Lipinski definition) is 0. The number of oxazole rings is 1.